The molecule has 0 atom stereocenters. The first kappa shape index (κ1) is 17.6. The molecular weight excluding hydrogens is 348 g/mol. The molecule has 4 rings (SSSR count). The van der Waals surface area contributed by atoms with Crippen LogP contribution in [-0.4, -0.2) is 15.8 Å². The lowest BCUT2D eigenvalue weighted by molar-refractivity contribution is 0.103. The second-order valence-electron chi connectivity index (χ2n) is 6.26. The number of carbonyl (C=O) groups excluding carboxylic acids is 1. The van der Waals surface area contributed by atoms with Crippen LogP contribution >= 0.6 is 0 Å². The lowest BCUT2D eigenvalue weighted by Gasteiger charge is -2.21. The Kier molecular flexibility index (Phi) is 5.20. The monoisotopic (exact) mass is 366 g/mol. The zero-order valence-corrected chi connectivity index (χ0v) is 15.1. The number of carbonyl (C=O) groups is 1. The fourth-order valence-corrected chi connectivity index (χ4v) is 3.02. The van der Waals surface area contributed by atoms with E-state index in [0.29, 0.717) is 16.9 Å². The average molecular weight is 366 g/mol. The summed E-state index contributed by atoms with van der Waals surface area (Å²) in [5.41, 5.74) is 2.92. The van der Waals surface area contributed by atoms with E-state index < -0.39 is 6.10 Å². The molecule has 0 saturated carbocycles. The standard InChI is InChI=1S/C24H18N2O2/c27-23(18-8-2-1-3-9-18)21-12-4-5-13-22(21)28-24(19-10-6-14-25-16-19)20-11-7-15-26-17-20/h1-17,24H. The summed E-state index contributed by atoms with van der Waals surface area (Å²) >= 11 is 0. The van der Waals surface area contributed by atoms with Gasteiger partial charge in [0.2, 0.25) is 0 Å². The van der Waals surface area contributed by atoms with Gasteiger partial charge in [-0.15, -0.1) is 0 Å². The van der Waals surface area contributed by atoms with Crippen LogP contribution in [0.4, 0.5) is 0 Å². The Morgan fingerprint density at radius 3 is 1.93 bits per heavy atom. The fourth-order valence-electron chi connectivity index (χ4n) is 3.02. The Hall–Kier alpha value is -3.79. The van der Waals surface area contributed by atoms with E-state index in [1.807, 2.05) is 60.7 Å². The van der Waals surface area contributed by atoms with E-state index in [-0.39, 0.29) is 5.78 Å². The molecule has 0 bridgehead atoms. The van der Waals surface area contributed by atoms with Gasteiger partial charge in [-0.1, -0.05) is 54.6 Å². The van der Waals surface area contributed by atoms with Gasteiger partial charge in [0.15, 0.2) is 11.9 Å². The fraction of sp³-hybridized carbons (Fsp3) is 0.0417. The molecule has 2 heterocycles. The number of nitrogens with zero attached hydrogens (tertiary/aromatic N) is 2. The second-order valence-corrected chi connectivity index (χ2v) is 6.26. The minimum atomic E-state index is -0.424. The van der Waals surface area contributed by atoms with E-state index in [0.717, 1.165) is 11.1 Å². The van der Waals surface area contributed by atoms with Gasteiger partial charge in [-0.2, -0.15) is 0 Å². The largest absolute Gasteiger partial charge is 0.480 e. The number of ether oxygens (including phenoxy) is 1. The Morgan fingerprint density at radius 2 is 1.32 bits per heavy atom. The van der Waals surface area contributed by atoms with Crippen molar-refractivity contribution < 1.29 is 9.53 Å². The summed E-state index contributed by atoms with van der Waals surface area (Å²) in [4.78, 5) is 21.4. The van der Waals surface area contributed by atoms with Crippen LogP contribution in [0.5, 0.6) is 5.75 Å². The van der Waals surface area contributed by atoms with Crippen molar-refractivity contribution in [1.82, 2.24) is 9.97 Å². The number of pyridine rings is 2. The molecule has 0 radical (unpaired) electrons. The van der Waals surface area contributed by atoms with Gasteiger partial charge < -0.3 is 4.74 Å². The summed E-state index contributed by atoms with van der Waals surface area (Å²) in [6.07, 6.45) is 6.54. The Morgan fingerprint density at radius 1 is 0.714 bits per heavy atom. The molecule has 4 nitrogen and oxygen atoms in total. The quantitative estimate of drug-likeness (QED) is 0.457. The molecule has 0 spiro atoms. The molecule has 4 heteroatoms. The van der Waals surface area contributed by atoms with E-state index in [1.54, 1.807) is 43.0 Å². The summed E-state index contributed by atoms with van der Waals surface area (Å²) in [7, 11) is 0. The highest BCUT2D eigenvalue weighted by Crippen LogP contribution is 2.31. The average Bonchev–Trinajstić information content (AvgIpc) is 2.79. The maximum absolute atomic E-state index is 13.0. The third-order valence-electron chi connectivity index (χ3n) is 4.39. The summed E-state index contributed by atoms with van der Waals surface area (Å²) in [5, 5.41) is 0. The molecule has 2 aromatic heterocycles. The SMILES string of the molecule is O=C(c1ccccc1)c1ccccc1OC(c1cccnc1)c1cccnc1. The number of hydrogen-bond acceptors (Lipinski definition) is 4. The number of para-hydroxylation sites is 1. The Labute approximate surface area is 163 Å². The van der Waals surface area contributed by atoms with Gasteiger partial charge in [-0.05, 0) is 24.3 Å². The van der Waals surface area contributed by atoms with Crippen LogP contribution in [0, 0.1) is 0 Å². The Bertz CT molecular complexity index is 1010. The maximum Gasteiger partial charge on any atom is 0.196 e. The predicted molar refractivity (Wildman–Crippen MR) is 107 cm³/mol. The molecule has 0 aliphatic rings. The highest BCUT2D eigenvalue weighted by Gasteiger charge is 2.21. The van der Waals surface area contributed by atoms with E-state index >= 15 is 0 Å². The van der Waals surface area contributed by atoms with E-state index in [1.165, 1.54) is 0 Å². The molecule has 4 aromatic rings. The highest BCUT2D eigenvalue weighted by atomic mass is 16.5. The number of hydrogen-bond donors (Lipinski definition) is 0. The lowest BCUT2D eigenvalue weighted by atomic mass is 10.0. The van der Waals surface area contributed by atoms with Crippen molar-refractivity contribution >= 4 is 5.78 Å². The van der Waals surface area contributed by atoms with E-state index in [4.69, 9.17) is 4.74 Å². The molecule has 0 unspecified atom stereocenters. The van der Waals surface area contributed by atoms with Gasteiger partial charge in [0.25, 0.3) is 0 Å². The number of aromatic nitrogens is 2. The minimum absolute atomic E-state index is 0.0766. The number of benzene rings is 2. The van der Waals surface area contributed by atoms with Gasteiger partial charge in [-0.25, -0.2) is 0 Å². The normalized spacial score (nSPS) is 10.6. The molecule has 0 N–H and O–H groups in total. The molecule has 28 heavy (non-hydrogen) atoms. The smallest absolute Gasteiger partial charge is 0.196 e. The van der Waals surface area contributed by atoms with Crippen molar-refractivity contribution in [2.45, 2.75) is 6.10 Å². The van der Waals surface area contributed by atoms with Crippen molar-refractivity contribution in [2.75, 3.05) is 0 Å². The van der Waals surface area contributed by atoms with Crippen LogP contribution in [0.1, 0.15) is 33.2 Å². The molecule has 2 aromatic carbocycles. The first-order chi connectivity index (χ1) is 13.8. The third kappa shape index (κ3) is 3.81. The highest BCUT2D eigenvalue weighted by molar-refractivity contribution is 6.10. The topological polar surface area (TPSA) is 52.1 Å². The van der Waals surface area contributed by atoms with Crippen molar-refractivity contribution in [2.24, 2.45) is 0 Å². The second kappa shape index (κ2) is 8.27. The summed E-state index contributed by atoms with van der Waals surface area (Å²) in [6.45, 7) is 0. The Balaban J connectivity index is 1.73. The van der Waals surface area contributed by atoms with Crippen LogP contribution in [0.25, 0.3) is 0 Å². The first-order valence-electron chi connectivity index (χ1n) is 8.98. The summed E-state index contributed by atoms with van der Waals surface area (Å²) < 4.78 is 6.36. The predicted octanol–water partition coefficient (Wildman–Crippen LogP) is 4.88. The maximum atomic E-state index is 13.0. The first-order valence-corrected chi connectivity index (χ1v) is 8.98. The van der Waals surface area contributed by atoms with E-state index in [2.05, 4.69) is 9.97 Å². The van der Waals surface area contributed by atoms with Crippen molar-refractivity contribution in [3.05, 3.63) is 126 Å². The molecule has 0 amide bonds. The number of rotatable bonds is 6. The third-order valence-corrected chi connectivity index (χ3v) is 4.39. The molecule has 0 aliphatic carbocycles. The molecule has 0 fully saturated rings. The zero-order chi connectivity index (χ0) is 19.2. The van der Waals surface area contributed by atoms with Gasteiger partial charge in [0.1, 0.15) is 5.75 Å². The van der Waals surface area contributed by atoms with Crippen molar-refractivity contribution in [1.29, 1.82) is 0 Å². The van der Waals surface area contributed by atoms with Crippen LogP contribution < -0.4 is 4.74 Å². The molecular formula is C24H18N2O2. The van der Waals surface area contributed by atoms with Crippen LogP contribution in [-0.2, 0) is 0 Å². The van der Waals surface area contributed by atoms with E-state index in [9.17, 15) is 4.79 Å². The van der Waals surface area contributed by atoms with Crippen LogP contribution in [0.3, 0.4) is 0 Å². The van der Waals surface area contributed by atoms with Gasteiger partial charge >= 0.3 is 0 Å². The van der Waals surface area contributed by atoms with Gasteiger partial charge in [0.05, 0.1) is 5.56 Å². The van der Waals surface area contributed by atoms with Gasteiger partial charge in [0, 0.05) is 41.5 Å². The van der Waals surface area contributed by atoms with Crippen LogP contribution in [0.15, 0.2) is 104 Å². The molecule has 136 valence electrons. The lowest BCUT2D eigenvalue weighted by Crippen LogP contribution is -2.13. The van der Waals surface area contributed by atoms with Crippen molar-refractivity contribution in [3.63, 3.8) is 0 Å². The van der Waals surface area contributed by atoms with Gasteiger partial charge in [-0.3, -0.25) is 14.8 Å². The summed E-state index contributed by atoms with van der Waals surface area (Å²) in [6, 6.07) is 24.1. The molecule has 0 saturated heterocycles. The summed E-state index contributed by atoms with van der Waals surface area (Å²) in [5.74, 6) is 0.446. The minimum Gasteiger partial charge on any atom is -0.480 e. The zero-order valence-electron chi connectivity index (χ0n) is 15.1. The van der Waals surface area contributed by atoms with Crippen molar-refractivity contribution in [3.8, 4) is 5.75 Å². The number of ketones is 1. The molecule has 0 aliphatic heterocycles. The van der Waals surface area contributed by atoms with Crippen LogP contribution in [0.2, 0.25) is 0 Å².